The third kappa shape index (κ3) is 1.84. The maximum atomic E-state index is 11.7. The van der Waals surface area contributed by atoms with Gasteiger partial charge < -0.3 is 0 Å². The first-order valence-electron chi connectivity index (χ1n) is 6.14. The lowest BCUT2D eigenvalue weighted by atomic mass is 9.95. The van der Waals surface area contributed by atoms with Gasteiger partial charge in [-0.05, 0) is 43.5 Å². The topological polar surface area (TPSA) is 30.0 Å². The molecule has 2 heteroatoms. The van der Waals surface area contributed by atoms with E-state index in [2.05, 4.69) is 23.2 Å². The molecule has 1 aromatic carbocycles. The number of ketones is 1. The normalized spacial score (nSPS) is 20.1. The second-order valence-corrected chi connectivity index (χ2v) is 4.82. The zero-order valence-electron chi connectivity index (χ0n) is 9.94. The van der Waals surface area contributed by atoms with Crippen LogP contribution in [0.25, 0.3) is 10.9 Å². The van der Waals surface area contributed by atoms with Gasteiger partial charge in [-0.1, -0.05) is 12.1 Å². The number of aromatic nitrogens is 1. The second-order valence-electron chi connectivity index (χ2n) is 4.82. The highest BCUT2D eigenvalue weighted by Crippen LogP contribution is 2.32. The van der Waals surface area contributed by atoms with Gasteiger partial charge in [-0.3, -0.25) is 9.78 Å². The molecule has 1 aromatic heterocycles. The van der Waals surface area contributed by atoms with Gasteiger partial charge in [-0.2, -0.15) is 0 Å². The van der Waals surface area contributed by atoms with Crippen molar-refractivity contribution in [3.63, 3.8) is 0 Å². The summed E-state index contributed by atoms with van der Waals surface area (Å²) in [6, 6.07) is 10.3. The van der Waals surface area contributed by atoms with Gasteiger partial charge in [-0.15, -0.1) is 0 Å². The van der Waals surface area contributed by atoms with Gasteiger partial charge >= 0.3 is 0 Å². The van der Waals surface area contributed by atoms with E-state index in [4.69, 9.17) is 0 Å². The van der Waals surface area contributed by atoms with Crippen LogP contribution < -0.4 is 0 Å². The third-order valence-electron chi connectivity index (χ3n) is 3.56. The van der Waals surface area contributed by atoms with Crippen LogP contribution in [-0.4, -0.2) is 10.8 Å². The van der Waals surface area contributed by atoms with E-state index < -0.39 is 0 Å². The Balaban J connectivity index is 2.07. The molecular weight excluding hydrogens is 210 g/mol. The van der Waals surface area contributed by atoms with Crippen LogP contribution in [0, 0.1) is 6.92 Å². The number of carbonyl (C=O) groups excluding carboxylic acids is 1. The van der Waals surface area contributed by atoms with E-state index in [0.29, 0.717) is 5.78 Å². The third-order valence-corrected chi connectivity index (χ3v) is 3.56. The maximum absolute atomic E-state index is 11.7. The highest BCUT2D eigenvalue weighted by atomic mass is 16.1. The van der Waals surface area contributed by atoms with Gasteiger partial charge in [0.2, 0.25) is 0 Å². The number of rotatable bonds is 1. The first-order valence-corrected chi connectivity index (χ1v) is 6.14. The lowest BCUT2D eigenvalue weighted by Crippen LogP contribution is -2.03. The highest BCUT2D eigenvalue weighted by Gasteiger charge is 2.25. The molecule has 1 saturated carbocycles. The molecule has 0 aliphatic heterocycles. The number of hydrogen-bond donors (Lipinski definition) is 0. The van der Waals surface area contributed by atoms with E-state index in [1.807, 2.05) is 19.1 Å². The molecule has 1 heterocycles. The van der Waals surface area contributed by atoms with Crippen LogP contribution in [-0.2, 0) is 4.79 Å². The molecule has 0 spiro atoms. The lowest BCUT2D eigenvalue weighted by molar-refractivity contribution is -0.118. The predicted octanol–water partition coefficient (Wildman–Crippen LogP) is 3.38. The van der Waals surface area contributed by atoms with Gasteiger partial charge in [0.1, 0.15) is 5.78 Å². The lowest BCUT2D eigenvalue weighted by Gasteiger charge is -2.09. The van der Waals surface area contributed by atoms with Crippen molar-refractivity contribution in [1.29, 1.82) is 0 Å². The monoisotopic (exact) mass is 225 g/mol. The van der Waals surface area contributed by atoms with Crippen molar-refractivity contribution >= 4 is 16.7 Å². The summed E-state index contributed by atoms with van der Waals surface area (Å²) in [5.74, 6) is 0.519. The number of aryl methyl sites for hydroxylation is 1. The van der Waals surface area contributed by atoms with Crippen molar-refractivity contribution in [3.05, 3.63) is 41.6 Å². The van der Waals surface area contributed by atoms with Crippen molar-refractivity contribution in [2.75, 3.05) is 0 Å². The second kappa shape index (κ2) is 3.95. The summed E-state index contributed by atoms with van der Waals surface area (Å²) in [7, 11) is 0. The standard InChI is InChI=1S/C15H15NO/c1-10-5-6-12-9-11(7-8-14(12)16-10)13-3-2-4-15(13)17/h5-9,13H,2-4H2,1H3. The number of Topliss-reactive ketones (excluding diaryl/α,β-unsaturated/α-hetero) is 1. The fraction of sp³-hybridized carbons (Fsp3) is 0.333. The smallest absolute Gasteiger partial charge is 0.140 e. The van der Waals surface area contributed by atoms with Gasteiger partial charge in [0.05, 0.1) is 5.52 Å². The minimum absolute atomic E-state index is 0.126. The predicted molar refractivity (Wildman–Crippen MR) is 68.1 cm³/mol. The Hall–Kier alpha value is -1.70. The highest BCUT2D eigenvalue weighted by molar-refractivity contribution is 5.89. The first-order chi connectivity index (χ1) is 8.24. The molecule has 17 heavy (non-hydrogen) atoms. The number of fused-ring (bicyclic) bond motifs is 1. The summed E-state index contributed by atoms with van der Waals surface area (Å²) in [6.45, 7) is 1.99. The number of benzene rings is 1. The fourth-order valence-corrected chi connectivity index (χ4v) is 2.63. The molecule has 1 unspecified atom stereocenters. The summed E-state index contributed by atoms with van der Waals surface area (Å²) in [5.41, 5.74) is 3.20. The molecule has 0 bridgehead atoms. The molecule has 0 saturated heterocycles. The minimum Gasteiger partial charge on any atom is -0.299 e. The van der Waals surface area contributed by atoms with Crippen LogP contribution in [0.15, 0.2) is 30.3 Å². The molecule has 0 N–H and O–H groups in total. The number of hydrogen-bond acceptors (Lipinski definition) is 2. The number of nitrogens with zero attached hydrogens (tertiary/aromatic N) is 1. The summed E-state index contributed by atoms with van der Waals surface area (Å²) in [6.07, 6.45) is 2.78. The summed E-state index contributed by atoms with van der Waals surface area (Å²) in [5, 5.41) is 1.13. The zero-order valence-corrected chi connectivity index (χ0v) is 9.94. The average Bonchev–Trinajstić information content (AvgIpc) is 2.75. The molecule has 0 radical (unpaired) electrons. The molecule has 2 aromatic rings. The Labute approximate surface area is 101 Å². The Morgan fingerprint density at radius 1 is 1.24 bits per heavy atom. The molecule has 1 aliphatic carbocycles. The van der Waals surface area contributed by atoms with Gasteiger partial charge in [-0.25, -0.2) is 0 Å². The molecule has 3 rings (SSSR count). The summed E-state index contributed by atoms with van der Waals surface area (Å²) < 4.78 is 0. The van der Waals surface area contributed by atoms with E-state index in [0.717, 1.165) is 41.4 Å². The van der Waals surface area contributed by atoms with E-state index in [9.17, 15) is 4.79 Å². The molecule has 86 valence electrons. The number of pyridine rings is 1. The van der Waals surface area contributed by atoms with Gasteiger partial charge in [0, 0.05) is 23.4 Å². The van der Waals surface area contributed by atoms with Crippen LogP contribution in [0.5, 0.6) is 0 Å². The van der Waals surface area contributed by atoms with Crippen LogP contribution in [0.3, 0.4) is 0 Å². The van der Waals surface area contributed by atoms with Crippen LogP contribution >= 0.6 is 0 Å². The Bertz CT molecular complexity index is 588. The largest absolute Gasteiger partial charge is 0.299 e. The quantitative estimate of drug-likeness (QED) is 0.744. The van der Waals surface area contributed by atoms with Crippen molar-refractivity contribution < 1.29 is 4.79 Å². The Kier molecular flexibility index (Phi) is 2.43. The van der Waals surface area contributed by atoms with Crippen molar-refractivity contribution in [2.45, 2.75) is 32.1 Å². The summed E-state index contributed by atoms with van der Waals surface area (Å²) >= 11 is 0. The maximum Gasteiger partial charge on any atom is 0.140 e. The van der Waals surface area contributed by atoms with Gasteiger partial charge in [0.25, 0.3) is 0 Å². The minimum atomic E-state index is 0.126. The Morgan fingerprint density at radius 3 is 2.88 bits per heavy atom. The SMILES string of the molecule is Cc1ccc2cc(C3CCCC3=O)ccc2n1. The van der Waals surface area contributed by atoms with E-state index >= 15 is 0 Å². The fourth-order valence-electron chi connectivity index (χ4n) is 2.63. The van der Waals surface area contributed by atoms with E-state index in [1.54, 1.807) is 0 Å². The van der Waals surface area contributed by atoms with Crippen LogP contribution in [0.2, 0.25) is 0 Å². The van der Waals surface area contributed by atoms with Crippen LogP contribution in [0.4, 0.5) is 0 Å². The first kappa shape index (κ1) is 10.5. The molecule has 1 aliphatic rings. The van der Waals surface area contributed by atoms with Gasteiger partial charge in [0.15, 0.2) is 0 Å². The molecular formula is C15H15NO. The summed E-state index contributed by atoms with van der Waals surface area (Å²) in [4.78, 5) is 16.2. The van der Waals surface area contributed by atoms with Crippen molar-refractivity contribution in [2.24, 2.45) is 0 Å². The van der Waals surface area contributed by atoms with Crippen molar-refractivity contribution in [1.82, 2.24) is 4.98 Å². The number of carbonyl (C=O) groups is 1. The van der Waals surface area contributed by atoms with E-state index in [1.165, 1.54) is 0 Å². The molecule has 1 atom stereocenters. The molecule has 2 nitrogen and oxygen atoms in total. The average molecular weight is 225 g/mol. The molecule has 1 fully saturated rings. The Morgan fingerprint density at radius 2 is 2.12 bits per heavy atom. The van der Waals surface area contributed by atoms with Crippen molar-refractivity contribution in [3.8, 4) is 0 Å². The molecule has 0 amide bonds. The zero-order chi connectivity index (χ0) is 11.8. The van der Waals surface area contributed by atoms with Crippen LogP contribution in [0.1, 0.15) is 36.4 Å². The van der Waals surface area contributed by atoms with E-state index in [-0.39, 0.29) is 5.92 Å².